The second-order valence-corrected chi connectivity index (χ2v) is 5.56. The van der Waals surface area contributed by atoms with Crippen molar-refractivity contribution in [1.29, 1.82) is 0 Å². The van der Waals surface area contributed by atoms with E-state index in [1.807, 2.05) is 58.0 Å². The van der Waals surface area contributed by atoms with Crippen LogP contribution in [0.25, 0.3) is 0 Å². The molecule has 0 bridgehead atoms. The highest BCUT2D eigenvalue weighted by molar-refractivity contribution is 5.94. The number of carbonyl (C=O) groups excluding carboxylic acids is 2. The molecule has 0 spiro atoms. The smallest absolute Gasteiger partial charge is 0.306 e. The maximum Gasteiger partial charge on any atom is 0.306 e. The molecule has 20 heavy (non-hydrogen) atoms. The molecular weight excluding hydrogens is 254 g/mol. The zero-order chi connectivity index (χ0) is 15.2. The summed E-state index contributed by atoms with van der Waals surface area (Å²) < 4.78 is 5.20. The van der Waals surface area contributed by atoms with Crippen LogP contribution in [0.3, 0.4) is 0 Å². The summed E-state index contributed by atoms with van der Waals surface area (Å²) in [6, 6.07) is 9.45. The fraction of sp³-hybridized carbons (Fsp3) is 0.500. The molecule has 1 amide bonds. The van der Waals surface area contributed by atoms with Crippen molar-refractivity contribution in [3.8, 4) is 0 Å². The molecule has 1 rings (SSSR count). The minimum absolute atomic E-state index is 0.0652. The number of para-hydroxylation sites is 1. The summed E-state index contributed by atoms with van der Waals surface area (Å²) in [7, 11) is 0. The van der Waals surface area contributed by atoms with Crippen LogP contribution in [0.5, 0.6) is 0 Å². The van der Waals surface area contributed by atoms with E-state index in [1.54, 1.807) is 4.90 Å². The van der Waals surface area contributed by atoms with E-state index in [2.05, 4.69) is 0 Å². The minimum atomic E-state index is -0.510. The van der Waals surface area contributed by atoms with Gasteiger partial charge in [0.2, 0.25) is 5.91 Å². The van der Waals surface area contributed by atoms with Crippen LogP contribution < -0.4 is 4.90 Å². The van der Waals surface area contributed by atoms with Gasteiger partial charge in [-0.1, -0.05) is 18.2 Å². The van der Waals surface area contributed by atoms with Gasteiger partial charge in [-0.15, -0.1) is 0 Å². The molecule has 110 valence electrons. The van der Waals surface area contributed by atoms with Crippen LogP contribution in [-0.2, 0) is 14.3 Å². The number of rotatable bonds is 5. The Bertz CT molecular complexity index is 449. The van der Waals surface area contributed by atoms with Gasteiger partial charge in [-0.25, -0.2) is 0 Å². The van der Waals surface area contributed by atoms with Crippen LogP contribution in [-0.4, -0.2) is 24.0 Å². The van der Waals surface area contributed by atoms with Crippen molar-refractivity contribution in [3.05, 3.63) is 30.3 Å². The summed E-state index contributed by atoms with van der Waals surface area (Å²) in [6.07, 6.45) is 0.275. The van der Waals surface area contributed by atoms with E-state index < -0.39 is 5.60 Å². The van der Waals surface area contributed by atoms with Gasteiger partial charge in [-0.3, -0.25) is 9.59 Å². The Kier molecular flexibility index (Phi) is 5.74. The van der Waals surface area contributed by atoms with Crippen molar-refractivity contribution in [2.24, 2.45) is 0 Å². The number of ether oxygens (including phenoxy) is 1. The van der Waals surface area contributed by atoms with E-state index in [4.69, 9.17) is 4.74 Å². The van der Waals surface area contributed by atoms with E-state index >= 15 is 0 Å². The van der Waals surface area contributed by atoms with Gasteiger partial charge in [0.25, 0.3) is 0 Å². The molecule has 0 aliphatic carbocycles. The Balaban J connectivity index is 2.55. The third-order valence-electron chi connectivity index (χ3n) is 2.65. The van der Waals surface area contributed by atoms with Crippen LogP contribution in [0.4, 0.5) is 5.69 Å². The second kappa shape index (κ2) is 7.08. The molecule has 0 aliphatic rings. The van der Waals surface area contributed by atoms with Gasteiger partial charge in [-0.2, -0.15) is 0 Å². The first kappa shape index (κ1) is 16.2. The molecule has 0 radical (unpaired) electrons. The second-order valence-electron chi connectivity index (χ2n) is 5.56. The summed E-state index contributed by atoms with van der Waals surface area (Å²) in [5.74, 6) is -0.403. The molecular formula is C16H23NO3. The van der Waals surface area contributed by atoms with Gasteiger partial charge < -0.3 is 9.64 Å². The average molecular weight is 277 g/mol. The fourth-order valence-electron chi connectivity index (χ4n) is 1.85. The number of esters is 1. The van der Waals surface area contributed by atoms with Gasteiger partial charge in [0.15, 0.2) is 0 Å². The number of hydrogen-bond donors (Lipinski definition) is 0. The molecule has 1 aromatic carbocycles. The largest absolute Gasteiger partial charge is 0.460 e. The van der Waals surface area contributed by atoms with E-state index in [0.29, 0.717) is 6.54 Å². The quantitative estimate of drug-likeness (QED) is 0.777. The molecule has 0 fully saturated rings. The third-order valence-corrected chi connectivity index (χ3v) is 2.65. The first-order valence-electron chi connectivity index (χ1n) is 6.90. The van der Waals surface area contributed by atoms with Crippen LogP contribution in [0.15, 0.2) is 30.3 Å². The molecule has 1 aromatic rings. The molecule has 0 saturated carbocycles. The zero-order valence-corrected chi connectivity index (χ0v) is 12.7. The molecule has 0 aromatic heterocycles. The molecule has 0 aliphatic heterocycles. The highest BCUT2D eigenvalue weighted by atomic mass is 16.6. The molecule has 0 saturated heterocycles. The first-order chi connectivity index (χ1) is 9.33. The summed E-state index contributed by atoms with van der Waals surface area (Å²) in [5, 5.41) is 0. The van der Waals surface area contributed by atoms with Crippen molar-refractivity contribution in [3.63, 3.8) is 0 Å². The van der Waals surface area contributed by atoms with E-state index in [0.717, 1.165) is 5.69 Å². The summed E-state index contributed by atoms with van der Waals surface area (Å²) >= 11 is 0. The number of nitrogens with zero attached hydrogens (tertiary/aromatic N) is 1. The molecule has 0 unspecified atom stereocenters. The zero-order valence-electron chi connectivity index (χ0n) is 12.7. The first-order valence-corrected chi connectivity index (χ1v) is 6.90. The molecule has 4 nitrogen and oxygen atoms in total. The van der Waals surface area contributed by atoms with Gasteiger partial charge in [0.05, 0.1) is 6.42 Å². The Labute approximate surface area is 120 Å². The van der Waals surface area contributed by atoms with E-state index in [-0.39, 0.29) is 24.7 Å². The fourth-order valence-corrected chi connectivity index (χ4v) is 1.85. The number of anilines is 1. The van der Waals surface area contributed by atoms with Gasteiger partial charge in [-0.05, 0) is 39.8 Å². The molecule has 4 heteroatoms. The van der Waals surface area contributed by atoms with Crippen molar-refractivity contribution in [1.82, 2.24) is 0 Å². The van der Waals surface area contributed by atoms with Gasteiger partial charge >= 0.3 is 5.97 Å². The Morgan fingerprint density at radius 2 is 1.70 bits per heavy atom. The van der Waals surface area contributed by atoms with Crippen LogP contribution in [0.2, 0.25) is 0 Å². The Hall–Kier alpha value is -1.84. The summed E-state index contributed by atoms with van der Waals surface area (Å²) in [5.41, 5.74) is 0.341. The Morgan fingerprint density at radius 3 is 2.20 bits per heavy atom. The van der Waals surface area contributed by atoms with Crippen molar-refractivity contribution in [2.45, 2.75) is 46.1 Å². The maximum atomic E-state index is 12.2. The molecule has 0 N–H and O–H groups in total. The highest BCUT2D eigenvalue weighted by Crippen LogP contribution is 2.15. The monoisotopic (exact) mass is 277 g/mol. The Morgan fingerprint density at radius 1 is 1.10 bits per heavy atom. The average Bonchev–Trinajstić information content (AvgIpc) is 2.36. The topological polar surface area (TPSA) is 46.6 Å². The normalized spacial score (nSPS) is 11.0. The molecule has 0 atom stereocenters. The SMILES string of the molecule is CCN(C(=O)CCC(=O)OC(C)(C)C)c1ccccc1. The predicted molar refractivity (Wildman–Crippen MR) is 79.5 cm³/mol. The van der Waals surface area contributed by atoms with Crippen molar-refractivity contribution < 1.29 is 14.3 Å². The standard InChI is InChI=1S/C16H23NO3/c1-5-17(13-9-7-6-8-10-13)14(18)11-12-15(19)20-16(2,3)4/h6-10H,5,11-12H2,1-4H3. The minimum Gasteiger partial charge on any atom is -0.460 e. The summed E-state index contributed by atoms with van der Waals surface area (Å²) in [4.78, 5) is 25.5. The summed E-state index contributed by atoms with van der Waals surface area (Å²) in [6.45, 7) is 7.94. The van der Waals surface area contributed by atoms with E-state index in [1.165, 1.54) is 0 Å². The number of benzene rings is 1. The lowest BCUT2D eigenvalue weighted by Crippen LogP contribution is -2.31. The number of carbonyl (C=O) groups is 2. The number of hydrogen-bond acceptors (Lipinski definition) is 3. The highest BCUT2D eigenvalue weighted by Gasteiger charge is 2.19. The number of amides is 1. The van der Waals surface area contributed by atoms with Crippen LogP contribution >= 0.6 is 0 Å². The lowest BCUT2D eigenvalue weighted by molar-refractivity contribution is -0.155. The van der Waals surface area contributed by atoms with Crippen molar-refractivity contribution in [2.75, 3.05) is 11.4 Å². The lowest BCUT2D eigenvalue weighted by atomic mass is 10.2. The third kappa shape index (κ3) is 5.43. The van der Waals surface area contributed by atoms with Crippen LogP contribution in [0, 0.1) is 0 Å². The van der Waals surface area contributed by atoms with Crippen LogP contribution in [0.1, 0.15) is 40.5 Å². The lowest BCUT2D eigenvalue weighted by Gasteiger charge is -2.22. The predicted octanol–water partition coefficient (Wildman–Crippen LogP) is 3.16. The van der Waals surface area contributed by atoms with Gasteiger partial charge in [0, 0.05) is 18.7 Å². The van der Waals surface area contributed by atoms with Crippen molar-refractivity contribution >= 4 is 17.6 Å². The molecule has 0 heterocycles. The van der Waals surface area contributed by atoms with Gasteiger partial charge in [0.1, 0.15) is 5.60 Å². The van der Waals surface area contributed by atoms with E-state index in [9.17, 15) is 9.59 Å². The maximum absolute atomic E-state index is 12.2.